The van der Waals surface area contributed by atoms with Gasteiger partial charge in [-0.1, -0.05) is 17.7 Å². The van der Waals surface area contributed by atoms with E-state index in [1.54, 1.807) is 25.1 Å². The van der Waals surface area contributed by atoms with E-state index >= 15 is 0 Å². The fourth-order valence-corrected chi connectivity index (χ4v) is 5.28. The third-order valence-corrected chi connectivity index (χ3v) is 6.92. The molecule has 0 saturated heterocycles. The molecule has 24 heavy (non-hydrogen) atoms. The number of thiophene rings is 1. The van der Waals surface area contributed by atoms with Crippen LogP contribution in [0.4, 0.5) is 11.4 Å². The van der Waals surface area contributed by atoms with Gasteiger partial charge in [-0.25, -0.2) is 8.42 Å². The van der Waals surface area contributed by atoms with Gasteiger partial charge in [0, 0.05) is 21.9 Å². The minimum absolute atomic E-state index is 0.138. The second-order valence-electron chi connectivity index (χ2n) is 5.07. The molecule has 1 aromatic heterocycles. The van der Waals surface area contributed by atoms with Gasteiger partial charge in [-0.2, -0.15) is 0 Å². The molecule has 1 heterocycles. The lowest BCUT2D eigenvalue weighted by Crippen LogP contribution is -2.12. The summed E-state index contributed by atoms with van der Waals surface area (Å²) < 4.78 is 28.7. The number of halogens is 1. The van der Waals surface area contributed by atoms with Crippen LogP contribution in [0.1, 0.15) is 5.56 Å². The zero-order valence-corrected chi connectivity index (χ0v) is 14.7. The molecular formula is C15H11ClN2O4S2. The third kappa shape index (κ3) is 3.08. The summed E-state index contributed by atoms with van der Waals surface area (Å²) in [6.45, 7) is 1.71. The number of aryl methyl sites for hydroxylation is 1. The first kappa shape index (κ1) is 16.7. The van der Waals surface area contributed by atoms with Crippen molar-refractivity contribution in [3.63, 3.8) is 0 Å². The summed E-state index contributed by atoms with van der Waals surface area (Å²) in [6.07, 6.45) is 0. The van der Waals surface area contributed by atoms with Crippen LogP contribution >= 0.6 is 22.9 Å². The maximum Gasteiger partial charge on any atom is 0.271 e. The van der Waals surface area contributed by atoms with E-state index in [0.29, 0.717) is 10.6 Å². The molecule has 0 fully saturated rings. The Morgan fingerprint density at radius 2 is 1.96 bits per heavy atom. The summed E-state index contributed by atoms with van der Waals surface area (Å²) in [4.78, 5) is 10.2. The van der Waals surface area contributed by atoms with Gasteiger partial charge >= 0.3 is 0 Å². The highest BCUT2D eigenvalue weighted by Gasteiger charge is 2.22. The van der Waals surface area contributed by atoms with Gasteiger partial charge in [0.25, 0.3) is 15.7 Å². The van der Waals surface area contributed by atoms with Gasteiger partial charge in [-0.3, -0.25) is 14.8 Å². The fourth-order valence-electron chi connectivity index (χ4n) is 2.31. The van der Waals surface area contributed by atoms with Crippen LogP contribution in [0.3, 0.4) is 0 Å². The van der Waals surface area contributed by atoms with E-state index in [4.69, 9.17) is 11.6 Å². The van der Waals surface area contributed by atoms with Gasteiger partial charge in [-0.15, -0.1) is 11.3 Å². The molecule has 0 spiro atoms. The number of anilines is 1. The number of nitrogens with zero attached hydrogens (tertiary/aromatic N) is 1. The van der Waals surface area contributed by atoms with E-state index in [9.17, 15) is 18.5 Å². The Morgan fingerprint density at radius 1 is 1.21 bits per heavy atom. The van der Waals surface area contributed by atoms with Crippen LogP contribution in [0.5, 0.6) is 0 Å². The number of hydrogen-bond donors (Lipinski definition) is 1. The standard InChI is InChI=1S/C15H11ClN2O4S2/c1-9-13-7-10(16)5-6-14(13)23-15(9)24(21,22)17-11-3-2-4-12(8-11)18(19)20/h2-8,17H,1H3. The lowest BCUT2D eigenvalue weighted by Gasteiger charge is -2.07. The molecule has 0 aliphatic heterocycles. The van der Waals surface area contributed by atoms with Crippen LogP contribution in [0.15, 0.2) is 46.7 Å². The zero-order chi connectivity index (χ0) is 17.5. The lowest BCUT2D eigenvalue weighted by atomic mass is 10.2. The largest absolute Gasteiger partial charge is 0.279 e. The molecule has 0 radical (unpaired) electrons. The van der Waals surface area contributed by atoms with Crippen molar-refractivity contribution in [1.29, 1.82) is 0 Å². The van der Waals surface area contributed by atoms with Gasteiger partial charge in [0.1, 0.15) is 4.21 Å². The number of nitro benzene ring substituents is 1. The summed E-state index contributed by atoms with van der Waals surface area (Å²) >= 11 is 7.09. The minimum Gasteiger partial charge on any atom is -0.279 e. The van der Waals surface area contributed by atoms with E-state index in [0.717, 1.165) is 21.4 Å². The smallest absolute Gasteiger partial charge is 0.271 e. The first-order chi connectivity index (χ1) is 11.3. The van der Waals surface area contributed by atoms with Crippen molar-refractivity contribution in [3.05, 3.63) is 63.2 Å². The third-order valence-electron chi connectivity index (χ3n) is 3.41. The van der Waals surface area contributed by atoms with Crippen molar-refractivity contribution < 1.29 is 13.3 Å². The van der Waals surface area contributed by atoms with E-state index < -0.39 is 14.9 Å². The van der Waals surface area contributed by atoms with Crippen LogP contribution in [0.25, 0.3) is 10.1 Å². The number of rotatable bonds is 4. The van der Waals surface area contributed by atoms with Gasteiger partial charge in [0.05, 0.1) is 10.6 Å². The van der Waals surface area contributed by atoms with Crippen LogP contribution < -0.4 is 4.72 Å². The molecule has 0 aliphatic rings. The van der Waals surface area contributed by atoms with Gasteiger partial charge in [0.2, 0.25) is 0 Å². The highest BCUT2D eigenvalue weighted by Crippen LogP contribution is 2.36. The lowest BCUT2D eigenvalue weighted by molar-refractivity contribution is -0.384. The molecule has 0 aliphatic carbocycles. The van der Waals surface area contributed by atoms with Gasteiger partial charge in [-0.05, 0) is 42.1 Å². The number of nitrogens with one attached hydrogen (secondary N) is 1. The van der Waals surface area contributed by atoms with E-state index in [-0.39, 0.29) is 15.6 Å². The number of nitro groups is 1. The Morgan fingerprint density at radius 3 is 2.67 bits per heavy atom. The average Bonchev–Trinajstić information content (AvgIpc) is 2.85. The fraction of sp³-hybridized carbons (Fsp3) is 0.0667. The van der Waals surface area contributed by atoms with Gasteiger partial charge in [0.15, 0.2) is 0 Å². The summed E-state index contributed by atoms with van der Waals surface area (Å²) in [6, 6.07) is 10.5. The summed E-state index contributed by atoms with van der Waals surface area (Å²) in [5.41, 5.74) is 0.546. The van der Waals surface area contributed by atoms with Crippen molar-refractivity contribution in [2.45, 2.75) is 11.1 Å². The molecule has 9 heteroatoms. The van der Waals surface area contributed by atoms with Crippen molar-refractivity contribution in [2.75, 3.05) is 4.72 Å². The molecule has 2 aromatic carbocycles. The molecule has 0 unspecified atom stereocenters. The predicted octanol–water partition coefficient (Wildman–Crippen LogP) is 4.57. The number of fused-ring (bicyclic) bond motifs is 1. The SMILES string of the molecule is Cc1c(S(=O)(=O)Nc2cccc([N+](=O)[O-])c2)sc2ccc(Cl)cc12. The number of hydrogen-bond acceptors (Lipinski definition) is 5. The Hall–Kier alpha value is -2.16. The molecular weight excluding hydrogens is 372 g/mol. The van der Waals surface area contributed by atoms with Crippen molar-refractivity contribution in [1.82, 2.24) is 0 Å². The zero-order valence-electron chi connectivity index (χ0n) is 12.3. The van der Waals surface area contributed by atoms with Crippen molar-refractivity contribution in [2.24, 2.45) is 0 Å². The van der Waals surface area contributed by atoms with Crippen molar-refractivity contribution in [3.8, 4) is 0 Å². The molecule has 3 rings (SSSR count). The maximum absolute atomic E-state index is 12.7. The first-order valence-corrected chi connectivity index (χ1v) is 9.41. The highest BCUT2D eigenvalue weighted by molar-refractivity contribution is 7.94. The minimum atomic E-state index is -3.86. The maximum atomic E-state index is 12.7. The summed E-state index contributed by atoms with van der Waals surface area (Å²) in [5, 5.41) is 12.1. The van der Waals surface area contributed by atoms with E-state index in [1.807, 2.05) is 0 Å². The van der Waals surface area contributed by atoms with E-state index in [2.05, 4.69) is 4.72 Å². The van der Waals surface area contributed by atoms with Gasteiger partial charge < -0.3 is 0 Å². The molecule has 0 saturated carbocycles. The topological polar surface area (TPSA) is 89.3 Å². The molecule has 1 N–H and O–H groups in total. The molecule has 124 valence electrons. The average molecular weight is 383 g/mol. The van der Waals surface area contributed by atoms with Crippen LogP contribution in [0.2, 0.25) is 5.02 Å². The van der Waals surface area contributed by atoms with Crippen molar-refractivity contribution >= 4 is 54.4 Å². The molecule has 6 nitrogen and oxygen atoms in total. The van der Waals surface area contributed by atoms with Crippen LogP contribution in [-0.2, 0) is 10.0 Å². The number of non-ortho nitro benzene ring substituents is 1. The second kappa shape index (κ2) is 6.04. The first-order valence-electron chi connectivity index (χ1n) is 6.74. The number of sulfonamides is 1. The normalized spacial score (nSPS) is 11.6. The molecule has 3 aromatic rings. The monoisotopic (exact) mass is 382 g/mol. The van der Waals surface area contributed by atoms with Crippen LogP contribution in [-0.4, -0.2) is 13.3 Å². The second-order valence-corrected chi connectivity index (χ2v) is 8.43. The Bertz CT molecular complexity index is 1060. The summed E-state index contributed by atoms with van der Waals surface area (Å²) in [7, 11) is -3.86. The van der Waals surface area contributed by atoms with E-state index in [1.165, 1.54) is 24.3 Å². The number of benzene rings is 2. The Balaban J connectivity index is 2.04. The Kier molecular flexibility index (Phi) is 4.20. The van der Waals surface area contributed by atoms with Crippen LogP contribution in [0, 0.1) is 17.0 Å². The predicted molar refractivity (Wildman–Crippen MR) is 95.5 cm³/mol. The highest BCUT2D eigenvalue weighted by atomic mass is 35.5. The molecule has 0 atom stereocenters. The Labute approximate surface area is 146 Å². The molecule has 0 bridgehead atoms. The summed E-state index contributed by atoms with van der Waals surface area (Å²) in [5.74, 6) is 0. The molecule has 0 amide bonds. The quantitative estimate of drug-likeness (QED) is 0.528.